The van der Waals surface area contributed by atoms with Crippen molar-refractivity contribution in [2.24, 2.45) is 0 Å². The predicted molar refractivity (Wildman–Crippen MR) is 17.3 cm³/mol. The van der Waals surface area contributed by atoms with Crippen LogP contribution < -0.4 is 0 Å². The van der Waals surface area contributed by atoms with Crippen LogP contribution in [0.15, 0.2) is 0 Å². The first-order valence-electron chi connectivity index (χ1n) is 0. The van der Waals surface area contributed by atoms with Crippen LogP contribution in [0, 0.1) is 0 Å². The summed E-state index contributed by atoms with van der Waals surface area (Å²) in [4.78, 5) is 0. The molecule has 0 aliphatic rings. The second kappa shape index (κ2) is 15.7. The second-order valence-corrected chi connectivity index (χ2v) is 0. The Labute approximate surface area is 126 Å². The normalized spacial score (nSPS) is 0. The van der Waals surface area contributed by atoms with Gasteiger partial charge in [-0.3, -0.25) is 0 Å². The minimum absolute atomic E-state index is 0. The van der Waals surface area contributed by atoms with E-state index in [1.165, 1.54) is 0 Å². The van der Waals surface area contributed by atoms with Gasteiger partial charge in [-0.15, -0.1) is 0 Å². The van der Waals surface area contributed by atoms with Crippen LogP contribution in [0.1, 0.15) is 0 Å². The monoisotopic (exact) mass is 248 g/mol. The van der Waals surface area contributed by atoms with Crippen molar-refractivity contribution in [2.75, 3.05) is 0 Å². The van der Waals surface area contributed by atoms with E-state index in [4.69, 9.17) is 0 Å². The third-order valence-electron chi connectivity index (χ3n) is 0. The van der Waals surface area contributed by atoms with Gasteiger partial charge in [-0.1, -0.05) is 0 Å². The van der Waals surface area contributed by atoms with Gasteiger partial charge in [0.15, 0.2) is 0 Å². The topological polar surface area (TPSA) is 0 Å². The molecule has 0 aromatic heterocycles. The fourth-order valence-electron chi connectivity index (χ4n) is 0. The van der Waals surface area contributed by atoms with Crippen molar-refractivity contribution >= 4 is 108 Å². The minimum Gasteiger partial charge on any atom is 0 e. The van der Waals surface area contributed by atoms with Crippen molar-refractivity contribution in [3.63, 3.8) is 0 Å². The summed E-state index contributed by atoms with van der Waals surface area (Å²) in [5, 5.41) is 0. The maximum atomic E-state index is 0. The fourth-order valence-corrected chi connectivity index (χ4v) is 0. The molecule has 0 fully saturated rings. The smallest absolute Gasteiger partial charge is 0 e. The van der Waals surface area contributed by atoms with E-state index in [0.29, 0.717) is 0 Å². The van der Waals surface area contributed by atoms with Crippen LogP contribution in [0.25, 0.3) is 0 Å². The Kier molecular flexibility index (Phi) is 95.7. The molecule has 0 rings (SSSR count). The Morgan fingerprint density at radius 1 is 1.00 bits per heavy atom. The summed E-state index contributed by atoms with van der Waals surface area (Å²) in [5.41, 5.74) is 0. The first-order valence-corrected chi connectivity index (χ1v) is 0. The van der Waals surface area contributed by atoms with Gasteiger partial charge in [0, 0.05) is 130 Å². The molecule has 4 heteroatoms. The van der Waals surface area contributed by atoms with Crippen LogP contribution in [0.5, 0.6) is 0 Å². The van der Waals surface area contributed by atoms with Crippen molar-refractivity contribution < 1.29 is 22.4 Å². The maximum Gasteiger partial charge on any atom is 0 e. The summed E-state index contributed by atoms with van der Waals surface area (Å²) < 4.78 is 0. The zero-order valence-electron chi connectivity index (χ0n) is 2.65. The maximum absolute atomic E-state index is 0. The number of hydrogen-bond donors (Lipinski definition) is 0. The van der Waals surface area contributed by atoms with Gasteiger partial charge in [0.2, 0.25) is 0 Å². The summed E-state index contributed by atoms with van der Waals surface area (Å²) in [6.07, 6.45) is 0. The molecule has 0 bridgehead atoms. The summed E-state index contributed by atoms with van der Waals surface area (Å²) in [6.45, 7) is 0. The predicted octanol–water partition coefficient (Wildman–Crippen LogP) is -1.14. The quantitative estimate of drug-likeness (QED) is 0.475. The summed E-state index contributed by atoms with van der Waals surface area (Å²) in [5.74, 6) is 0. The van der Waals surface area contributed by atoms with Gasteiger partial charge < -0.3 is 0 Å². The average Bonchev–Trinajstić information content (AvgIpc) is 0. The zero-order valence-corrected chi connectivity index (χ0v) is 12.5. The second-order valence-electron chi connectivity index (χ2n) is 0. The molecule has 8 radical (unpaired) electrons. The summed E-state index contributed by atoms with van der Waals surface area (Å²) in [7, 11) is 0. The van der Waals surface area contributed by atoms with Gasteiger partial charge in [0.1, 0.15) is 0 Å². The van der Waals surface area contributed by atoms with Gasteiger partial charge in [0.25, 0.3) is 0 Å². The number of hydrogen-bond acceptors (Lipinski definition) is 0. The Balaban J connectivity index is 0. The number of rotatable bonds is 0. The molecule has 0 saturated heterocycles. The van der Waals surface area contributed by atoms with E-state index in [2.05, 4.69) is 0 Å². The molecule has 0 aliphatic heterocycles. The van der Waals surface area contributed by atoms with E-state index in [9.17, 15) is 0 Å². The van der Waals surface area contributed by atoms with Crippen molar-refractivity contribution in [3.05, 3.63) is 0 Å². The van der Waals surface area contributed by atoms with Crippen molar-refractivity contribution in [1.29, 1.82) is 0 Å². The average molecular weight is 248 g/mol. The molecule has 0 aliphatic carbocycles. The van der Waals surface area contributed by atoms with Crippen LogP contribution >= 0.6 is 0 Å². The largest absolute Gasteiger partial charge is 0 e. The van der Waals surface area contributed by atoms with Gasteiger partial charge in [-0.2, -0.15) is 0 Å². The summed E-state index contributed by atoms with van der Waals surface area (Å²) in [6, 6.07) is 0. The molecule has 0 unspecified atom stereocenters. The minimum atomic E-state index is 0. The van der Waals surface area contributed by atoms with E-state index in [0.717, 1.165) is 0 Å². The third kappa shape index (κ3) is 9.42. The molecule has 0 aromatic carbocycles. The molecule has 0 aromatic rings. The third-order valence-corrected chi connectivity index (χ3v) is 0. The van der Waals surface area contributed by atoms with Crippen LogP contribution in [0.2, 0.25) is 0 Å². The van der Waals surface area contributed by atoms with Crippen molar-refractivity contribution in [2.45, 2.75) is 0 Å². The Morgan fingerprint density at radius 2 is 1.00 bits per heavy atom. The molecule has 4 heavy (non-hydrogen) atoms. The first-order chi connectivity index (χ1) is 0. The van der Waals surface area contributed by atoms with Crippen LogP contribution in [-0.4, -0.2) is 108 Å². The molecular formula is KNbSiSr. The fraction of sp³-hybridized carbons (Fsp3) is 0. The van der Waals surface area contributed by atoms with Gasteiger partial charge in [0.05, 0.1) is 0 Å². The van der Waals surface area contributed by atoms with Crippen molar-refractivity contribution in [1.82, 2.24) is 0 Å². The van der Waals surface area contributed by atoms with Crippen LogP contribution in [0.3, 0.4) is 0 Å². The van der Waals surface area contributed by atoms with Crippen molar-refractivity contribution in [3.8, 4) is 0 Å². The molecule has 0 spiro atoms. The Bertz CT molecular complexity index is 8.00. The van der Waals surface area contributed by atoms with Gasteiger partial charge in [-0.25, -0.2) is 0 Å². The van der Waals surface area contributed by atoms with Gasteiger partial charge >= 0.3 is 0 Å². The van der Waals surface area contributed by atoms with E-state index in [-0.39, 0.29) is 130 Å². The molecule has 0 nitrogen and oxygen atoms in total. The van der Waals surface area contributed by atoms with E-state index in [1.807, 2.05) is 0 Å². The molecule has 0 atom stereocenters. The molecule has 12 valence electrons. The SMILES string of the molecule is [K].[Nb].[Si].[Sr]. The molecule has 0 N–H and O–H groups in total. The summed E-state index contributed by atoms with van der Waals surface area (Å²) >= 11 is 0. The Hall–Kier alpha value is 4.07. The van der Waals surface area contributed by atoms with E-state index < -0.39 is 0 Å². The zero-order chi connectivity index (χ0) is 0. The van der Waals surface area contributed by atoms with Crippen LogP contribution in [0.4, 0.5) is 0 Å². The first kappa shape index (κ1) is 24.3. The van der Waals surface area contributed by atoms with Crippen LogP contribution in [-0.2, 0) is 22.4 Å². The van der Waals surface area contributed by atoms with Gasteiger partial charge in [-0.05, 0) is 0 Å². The molecule has 0 amide bonds. The van der Waals surface area contributed by atoms with E-state index >= 15 is 0 Å². The molecule has 0 heterocycles. The standard InChI is InChI=1S/K.Nb.Si.Sr. The Morgan fingerprint density at radius 3 is 1.00 bits per heavy atom. The van der Waals surface area contributed by atoms with E-state index in [1.54, 1.807) is 0 Å². The molecular weight excluding hydrogens is 248 g/mol. The molecule has 0 saturated carbocycles.